The Morgan fingerprint density at radius 2 is 1.67 bits per heavy atom. The van der Waals surface area contributed by atoms with Gasteiger partial charge in [0.05, 0.1) is 19.5 Å². The summed E-state index contributed by atoms with van der Waals surface area (Å²) in [4.78, 5) is 12.8. The van der Waals surface area contributed by atoms with Crippen LogP contribution in [0.5, 0.6) is 11.5 Å². The number of allylic oxidation sites excluding steroid dienone is 1. The predicted molar refractivity (Wildman–Crippen MR) is 147 cm³/mol. The maximum absolute atomic E-state index is 12.8. The molecule has 1 N–H and O–H groups in total. The smallest absolute Gasteiger partial charge is 0.248 e. The van der Waals surface area contributed by atoms with Crippen molar-refractivity contribution in [1.82, 2.24) is 0 Å². The highest BCUT2D eigenvalue weighted by Gasteiger charge is 2.19. The fraction of sp³-hybridized carbons (Fsp3) is 0.258. The number of aryl methyl sites for hydroxylation is 2. The quantitative estimate of drug-likeness (QED) is 0.247. The summed E-state index contributed by atoms with van der Waals surface area (Å²) < 4.78 is 17.6. The standard InChI is InChI=1S/C31H33NO4/c1-6-22-9-13-24(14-10-22)32-29(33)17-20(4)26-18-27-28(23-11-15-25(16-12-23)34-7-2)19-36-31(27)21(5)30(26)35-8-3/h9-19H,6-8H2,1-5H3,(H,32,33)/b20-17+. The molecule has 1 heterocycles. The van der Waals surface area contributed by atoms with E-state index in [0.29, 0.717) is 13.2 Å². The highest BCUT2D eigenvalue weighted by molar-refractivity contribution is 6.06. The normalized spacial score (nSPS) is 11.5. The number of ether oxygens (including phenoxy) is 2. The average Bonchev–Trinajstić information content (AvgIpc) is 3.31. The Hall–Kier alpha value is -3.99. The van der Waals surface area contributed by atoms with Crippen LogP contribution in [0.2, 0.25) is 0 Å². The number of hydrogen-bond acceptors (Lipinski definition) is 4. The van der Waals surface area contributed by atoms with Gasteiger partial charge in [0.25, 0.3) is 0 Å². The monoisotopic (exact) mass is 483 g/mol. The molecule has 3 aromatic carbocycles. The van der Waals surface area contributed by atoms with E-state index in [0.717, 1.165) is 62.4 Å². The summed E-state index contributed by atoms with van der Waals surface area (Å²) >= 11 is 0. The Morgan fingerprint density at radius 3 is 2.31 bits per heavy atom. The lowest BCUT2D eigenvalue weighted by atomic mass is 9.96. The molecule has 36 heavy (non-hydrogen) atoms. The van der Waals surface area contributed by atoms with Crippen LogP contribution in [-0.2, 0) is 11.2 Å². The van der Waals surface area contributed by atoms with Crippen LogP contribution in [0, 0.1) is 6.92 Å². The summed E-state index contributed by atoms with van der Waals surface area (Å²) in [7, 11) is 0. The van der Waals surface area contributed by atoms with Gasteiger partial charge in [0, 0.05) is 33.8 Å². The minimum atomic E-state index is -0.184. The molecule has 1 amide bonds. The Balaban J connectivity index is 1.72. The fourth-order valence-electron chi connectivity index (χ4n) is 4.34. The molecular formula is C31H33NO4. The summed E-state index contributed by atoms with van der Waals surface area (Å²) in [6, 6.07) is 17.9. The van der Waals surface area contributed by atoms with Crippen LogP contribution < -0.4 is 14.8 Å². The van der Waals surface area contributed by atoms with Crippen molar-refractivity contribution in [1.29, 1.82) is 0 Å². The summed E-state index contributed by atoms with van der Waals surface area (Å²) in [5.41, 5.74) is 7.37. The molecule has 186 valence electrons. The zero-order valence-electron chi connectivity index (χ0n) is 21.6. The molecule has 0 aliphatic rings. The maximum atomic E-state index is 12.8. The molecule has 1 aromatic heterocycles. The molecule has 4 rings (SSSR count). The van der Waals surface area contributed by atoms with Crippen molar-refractivity contribution in [2.75, 3.05) is 18.5 Å². The van der Waals surface area contributed by atoms with E-state index in [9.17, 15) is 4.79 Å². The first-order chi connectivity index (χ1) is 17.4. The van der Waals surface area contributed by atoms with Gasteiger partial charge in [0.2, 0.25) is 5.91 Å². The average molecular weight is 484 g/mol. The second-order valence-corrected chi connectivity index (χ2v) is 8.66. The SMILES string of the molecule is CCOc1ccc(-c2coc3c(C)c(OCC)c(/C(C)=C/C(=O)Nc4ccc(CC)cc4)cc23)cc1. The van der Waals surface area contributed by atoms with Gasteiger partial charge >= 0.3 is 0 Å². The van der Waals surface area contributed by atoms with Crippen molar-refractivity contribution in [3.05, 3.63) is 83.6 Å². The van der Waals surface area contributed by atoms with Gasteiger partial charge in [-0.3, -0.25) is 4.79 Å². The second kappa shape index (κ2) is 11.2. The maximum Gasteiger partial charge on any atom is 0.248 e. The highest BCUT2D eigenvalue weighted by atomic mass is 16.5. The van der Waals surface area contributed by atoms with E-state index < -0.39 is 0 Å². The molecule has 0 saturated carbocycles. The Kier molecular flexibility index (Phi) is 7.79. The number of nitrogens with one attached hydrogen (secondary N) is 1. The third kappa shape index (κ3) is 5.30. The summed E-state index contributed by atoms with van der Waals surface area (Å²) in [6.45, 7) is 11.1. The highest BCUT2D eigenvalue weighted by Crippen LogP contribution is 2.41. The zero-order valence-corrected chi connectivity index (χ0v) is 21.6. The summed E-state index contributed by atoms with van der Waals surface area (Å²) in [5, 5.41) is 3.93. The number of anilines is 1. The van der Waals surface area contributed by atoms with Crippen LogP contribution in [0.3, 0.4) is 0 Å². The van der Waals surface area contributed by atoms with Crippen LogP contribution in [-0.4, -0.2) is 19.1 Å². The molecule has 0 radical (unpaired) electrons. The number of rotatable bonds is 9. The lowest BCUT2D eigenvalue weighted by Crippen LogP contribution is -2.09. The minimum Gasteiger partial charge on any atom is -0.494 e. The number of carbonyl (C=O) groups is 1. The summed E-state index contributed by atoms with van der Waals surface area (Å²) in [6.07, 6.45) is 4.36. The minimum absolute atomic E-state index is 0.184. The van der Waals surface area contributed by atoms with E-state index in [1.807, 2.05) is 76.2 Å². The van der Waals surface area contributed by atoms with Gasteiger partial charge in [0.15, 0.2) is 0 Å². The molecule has 0 saturated heterocycles. The molecule has 0 aliphatic heterocycles. The van der Waals surface area contributed by atoms with E-state index in [4.69, 9.17) is 13.9 Å². The fourth-order valence-corrected chi connectivity index (χ4v) is 4.34. The molecule has 0 bridgehead atoms. The third-order valence-electron chi connectivity index (χ3n) is 6.21. The second-order valence-electron chi connectivity index (χ2n) is 8.66. The van der Waals surface area contributed by atoms with E-state index >= 15 is 0 Å². The number of fused-ring (bicyclic) bond motifs is 1. The van der Waals surface area contributed by atoms with Crippen molar-refractivity contribution in [2.24, 2.45) is 0 Å². The topological polar surface area (TPSA) is 60.7 Å². The number of hydrogen-bond donors (Lipinski definition) is 1. The van der Waals surface area contributed by atoms with Crippen molar-refractivity contribution in [3.63, 3.8) is 0 Å². The van der Waals surface area contributed by atoms with E-state index in [1.54, 1.807) is 12.3 Å². The molecule has 5 heteroatoms. The Labute approximate surface area is 212 Å². The number of benzene rings is 3. The van der Waals surface area contributed by atoms with E-state index in [1.165, 1.54) is 5.56 Å². The largest absolute Gasteiger partial charge is 0.494 e. The van der Waals surface area contributed by atoms with Crippen LogP contribution >= 0.6 is 0 Å². The molecule has 0 spiro atoms. The van der Waals surface area contributed by atoms with Crippen LogP contribution in [0.15, 0.2) is 71.4 Å². The van der Waals surface area contributed by atoms with E-state index in [2.05, 4.69) is 18.3 Å². The first-order valence-corrected chi connectivity index (χ1v) is 12.4. The van der Waals surface area contributed by atoms with Gasteiger partial charge in [-0.05, 0) is 81.1 Å². The summed E-state index contributed by atoms with van der Waals surface area (Å²) in [5.74, 6) is 1.38. The molecule has 4 aromatic rings. The zero-order chi connectivity index (χ0) is 25.7. The molecule has 0 fully saturated rings. The van der Waals surface area contributed by atoms with Gasteiger partial charge in [-0.2, -0.15) is 0 Å². The number of furan rings is 1. The lowest BCUT2D eigenvalue weighted by molar-refractivity contribution is -0.111. The Morgan fingerprint density at radius 1 is 0.972 bits per heavy atom. The molecular weight excluding hydrogens is 450 g/mol. The molecule has 0 unspecified atom stereocenters. The first-order valence-electron chi connectivity index (χ1n) is 12.4. The van der Waals surface area contributed by atoms with Crippen LogP contribution in [0.25, 0.3) is 27.7 Å². The lowest BCUT2D eigenvalue weighted by Gasteiger charge is -2.15. The van der Waals surface area contributed by atoms with Gasteiger partial charge < -0.3 is 19.2 Å². The predicted octanol–water partition coefficient (Wildman–Crippen LogP) is 7.81. The Bertz CT molecular complexity index is 1380. The van der Waals surface area contributed by atoms with Gasteiger partial charge in [0.1, 0.15) is 17.1 Å². The first kappa shape index (κ1) is 25.1. The number of amides is 1. The van der Waals surface area contributed by atoms with Crippen molar-refractivity contribution < 1.29 is 18.7 Å². The molecule has 0 aliphatic carbocycles. The third-order valence-corrected chi connectivity index (χ3v) is 6.21. The molecule has 5 nitrogen and oxygen atoms in total. The van der Waals surface area contributed by atoms with Gasteiger partial charge in [-0.15, -0.1) is 0 Å². The number of carbonyl (C=O) groups excluding carboxylic acids is 1. The van der Waals surface area contributed by atoms with Gasteiger partial charge in [-0.25, -0.2) is 0 Å². The van der Waals surface area contributed by atoms with Crippen LogP contribution in [0.4, 0.5) is 5.69 Å². The molecule has 0 atom stereocenters. The van der Waals surface area contributed by atoms with Crippen molar-refractivity contribution in [3.8, 4) is 22.6 Å². The van der Waals surface area contributed by atoms with Gasteiger partial charge in [-0.1, -0.05) is 31.2 Å². The van der Waals surface area contributed by atoms with Crippen molar-refractivity contribution >= 4 is 28.1 Å². The van der Waals surface area contributed by atoms with Crippen molar-refractivity contribution in [2.45, 2.75) is 41.0 Å². The van der Waals surface area contributed by atoms with E-state index in [-0.39, 0.29) is 5.91 Å². The van der Waals surface area contributed by atoms with Crippen LogP contribution in [0.1, 0.15) is 44.4 Å².